The number of hydrogen-bond donors (Lipinski definition) is 2. The number of benzene rings is 2. The Morgan fingerprint density at radius 1 is 0.952 bits per heavy atom. The van der Waals surface area contributed by atoms with Crippen LogP contribution in [0.15, 0.2) is 48.7 Å². The van der Waals surface area contributed by atoms with Gasteiger partial charge in [-0.2, -0.15) is 5.10 Å². The van der Waals surface area contributed by atoms with Gasteiger partial charge in [-0.25, -0.2) is 0 Å². The number of aromatic amines is 1. The molecule has 0 fully saturated rings. The summed E-state index contributed by atoms with van der Waals surface area (Å²) in [4.78, 5) is 0. The normalized spacial score (nSPS) is 10.8. The van der Waals surface area contributed by atoms with Crippen molar-refractivity contribution in [3.8, 4) is 11.1 Å². The highest BCUT2D eigenvalue weighted by atomic mass is 35.5. The van der Waals surface area contributed by atoms with Gasteiger partial charge in [0.2, 0.25) is 0 Å². The van der Waals surface area contributed by atoms with Crippen molar-refractivity contribution in [3.05, 3.63) is 54.2 Å². The van der Waals surface area contributed by atoms with E-state index in [4.69, 9.17) is 5.73 Å². The van der Waals surface area contributed by atoms with Crippen LogP contribution < -0.4 is 5.73 Å². The molecule has 0 saturated carbocycles. The molecule has 112 valence electrons. The SMILES string of the molecule is CC(C)(N)c1ccc(-c2ccc3[nH]ncc3c2)cc1.Cl.Cl. The summed E-state index contributed by atoms with van der Waals surface area (Å²) in [6, 6.07) is 14.7. The molecule has 0 aliphatic carbocycles. The fraction of sp³-hybridized carbons (Fsp3) is 0.188. The van der Waals surface area contributed by atoms with E-state index >= 15 is 0 Å². The molecule has 5 heteroatoms. The minimum atomic E-state index is -0.299. The summed E-state index contributed by atoms with van der Waals surface area (Å²) in [5.41, 5.74) is 10.4. The van der Waals surface area contributed by atoms with Crippen LogP contribution in [0.2, 0.25) is 0 Å². The standard InChI is InChI=1S/C16H17N3.2ClH/c1-16(2,17)14-6-3-11(4-7-14)12-5-8-15-13(9-12)10-18-19-15;;/h3-10H,17H2,1-2H3,(H,18,19);2*1H. The highest BCUT2D eigenvalue weighted by Crippen LogP contribution is 2.25. The molecular weight excluding hydrogens is 305 g/mol. The molecule has 0 spiro atoms. The first-order valence-corrected chi connectivity index (χ1v) is 6.37. The van der Waals surface area contributed by atoms with Crippen LogP contribution in [-0.2, 0) is 5.54 Å². The quantitative estimate of drug-likeness (QED) is 0.740. The van der Waals surface area contributed by atoms with Crippen molar-refractivity contribution in [1.82, 2.24) is 10.2 Å². The Morgan fingerprint density at radius 3 is 2.19 bits per heavy atom. The van der Waals surface area contributed by atoms with Gasteiger partial charge in [0.05, 0.1) is 11.7 Å². The van der Waals surface area contributed by atoms with Crippen molar-refractivity contribution in [1.29, 1.82) is 0 Å². The van der Waals surface area contributed by atoms with Gasteiger partial charge in [0, 0.05) is 10.9 Å². The molecule has 0 aliphatic heterocycles. The topological polar surface area (TPSA) is 54.7 Å². The third-order valence-corrected chi connectivity index (χ3v) is 3.40. The fourth-order valence-corrected chi connectivity index (χ4v) is 2.21. The molecule has 3 nitrogen and oxygen atoms in total. The van der Waals surface area contributed by atoms with Crippen LogP contribution in [0, 0.1) is 0 Å². The molecule has 0 atom stereocenters. The fourth-order valence-electron chi connectivity index (χ4n) is 2.21. The van der Waals surface area contributed by atoms with Crippen LogP contribution in [0.5, 0.6) is 0 Å². The summed E-state index contributed by atoms with van der Waals surface area (Å²) >= 11 is 0. The predicted molar refractivity (Wildman–Crippen MR) is 93.2 cm³/mol. The average molecular weight is 324 g/mol. The van der Waals surface area contributed by atoms with E-state index in [0.29, 0.717) is 0 Å². The number of nitrogens with two attached hydrogens (primary N) is 1. The highest BCUT2D eigenvalue weighted by molar-refractivity contribution is 5.86. The van der Waals surface area contributed by atoms with Crippen LogP contribution in [0.4, 0.5) is 0 Å². The van der Waals surface area contributed by atoms with Gasteiger partial charge in [-0.15, -0.1) is 24.8 Å². The number of halogens is 2. The van der Waals surface area contributed by atoms with Crippen molar-refractivity contribution in [2.75, 3.05) is 0 Å². The third kappa shape index (κ3) is 3.56. The Bertz CT molecular complexity index is 712. The zero-order chi connectivity index (χ0) is 13.5. The Hall–Kier alpha value is -1.55. The van der Waals surface area contributed by atoms with E-state index < -0.39 is 0 Å². The number of rotatable bonds is 2. The van der Waals surface area contributed by atoms with Crippen molar-refractivity contribution < 1.29 is 0 Å². The van der Waals surface area contributed by atoms with Gasteiger partial charge in [-0.3, -0.25) is 5.10 Å². The van der Waals surface area contributed by atoms with Crippen molar-refractivity contribution in [3.63, 3.8) is 0 Å². The lowest BCUT2D eigenvalue weighted by atomic mass is 9.93. The maximum atomic E-state index is 6.09. The molecule has 1 aromatic heterocycles. The number of fused-ring (bicyclic) bond motifs is 1. The predicted octanol–water partition coefficient (Wildman–Crippen LogP) is 4.27. The summed E-state index contributed by atoms with van der Waals surface area (Å²) in [5, 5.41) is 8.13. The van der Waals surface area contributed by atoms with Gasteiger partial charge in [-0.05, 0) is 42.7 Å². The largest absolute Gasteiger partial charge is 0.322 e. The summed E-state index contributed by atoms with van der Waals surface area (Å²) in [5.74, 6) is 0. The molecule has 0 unspecified atom stereocenters. The first-order valence-electron chi connectivity index (χ1n) is 6.37. The van der Waals surface area contributed by atoms with E-state index in [1.54, 1.807) is 0 Å². The molecule has 2 aromatic carbocycles. The van der Waals surface area contributed by atoms with Crippen LogP contribution in [0.3, 0.4) is 0 Å². The molecule has 0 amide bonds. The lowest BCUT2D eigenvalue weighted by molar-refractivity contribution is 0.554. The Balaban J connectivity index is 0.00000110. The number of aromatic nitrogens is 2. The Morgan fingerprint density at radius 2 is 1.57 bits per heavy atom. The maximum Gasteiger partial charge on any atom is 0.0650 e. The van der Waals surface area contributed by atoms with Crippen molar-refractivity contribution in [2.24, 2.45) is 5.73 Å². The second-order valence-corrected chi connectivity index (χ2v) is 5.47. The molecule has 1 heterocycles. The van der Waals surface area contributed by atoms with Gasteiger partial charge in [0.1, 0.15) is 0 Å². The lowest BCUT2D eigenvalue weighted by Gasteiger charge is -2.19. The molecular formula is C16H19Cl2N3. The second kappa shape index (κ2) is 6.48. The number of H-pyrrole nitrogens is 1. The minimum absolute atomic E-state index is 0. The second-order valence-electron chi connectivity index (χ2n) is 5.47. The monoisotopic (exact) mass is 323 g/mol. The lowest BCUT2D eigenvalue weighted by Crippen LogP contribution is -2.28. The van der Waals surface area contributed by atoms with E-state index in [9.17, 15) is 0 Å². The van der Waals surface area contributed by atoms with E-state index in [0.717, 1.165) is 16.5 Å². The first-order chi connectivity index (χ1) is 9.04. The van der Waals surface area contributed by atoms with Crippen molar-refractivity contribution in [2.45, 2.75) is 19.4 Å². The highest BCUT2D eigenvalue weighted by Gasteiger charge is 2.13. The van der Waals surface area contributed by atoms with Gasteiger partial charge in [0.25, 0.3) is 0 Å². The van der Waals surface area contributed by atoms with E-state index in [1.165, 1.54) is 11.1 Å². The molecule has 0 aliphatic rings. The zero-order valence-electron chi connectivity index (χ0n) is 12.0. The zero-order valence-corrected chi connectivity index (χ0v) is 13.6. The van der Waals surface area contributed by atoms with Crippen molar-refractivity contribution >= 4 is 35.7 Å². The first kappa shape index (κ1) is 17.5. The van der Waals surface area contributed by atoms with Crippen LogP contribution >= 0.6 is 24.8 Å². The van der Waals surface area contributed by atoms with Crippen LogP contribution in [0.1, 0.15) is 19.4 Å². The summed E-state index contributed by atoms with van der Waals surface area (Å²) < 4.78 is 0. The molecule has 0 saturated heterocycles. The molecule has 3 N–H and O–H groups in total. The smallest absolute Gasteiger partial charge is 0.0650 e. The Labute approximate surface area is 136 Å². The number of nitrogens with one attached hydrogen (secondary N) is 1. The Kier molecular flexibility index (Phi) is 5.40. The van der Waals surface area contributed by atoms with Gasteiger partial charge < -0.3 is 5.73 Å². The third-order valence-electron chi connectivity index (χ3n) is 3.40. The summed E-state index contributed by atoms with van der Waals surface area (Å²) in [6.07, 6.45) is 1.84. The maximum absolute atomic E-state index is 6.09. The van der Waals surface area contributed by atoms with E-state index in [1.807, 2.05) is 20.0 Å². The number of hydrogen-bond acceptors (Lipinski definition) is 2. The molecule has 3 aromatic rings. The molecule has 21 heavy (non-hydrogen) atoms. The number of nitrogens with zero attached hydrogens (tertiary/aromatic N) is 1. The molecule has 0 radical (unpaired) electrons. The molecule has 3 rings (SSSR count). The summed E-state index contributed by atoms with van der Waals surface area (Å²) in [6.45, 7) is 4.03. The van der Waals surface area contributed by atoms with Gasteiger partial charge in [0.15, 0.2) is 0 Å². The average Bonchev–Trinajstić information content (AvgIpc) is 2.85. The van der Waals surface area contributed by atoms with Crippen LogP contribution in [-0.4, -0.2) is 10.2 Å². The van der Waals surface area contributed by atoms with E-state index in [-0.39, 0.29) is 30.4 Å². The van der Waals surface area contributed by atoms with Crippen LogP contribution in [0.25, 0.3) is 22.0 Å². The van der Waals surface area contributed by atoms with Gasteiger partial charge in [-0.1, -0.05) is 30.3 Å². The minimum Gasteiger partial charge on any atom is -0.322 e. The van der Waals surface area contributed by atoms with E-state index in [2.05, 4.69) is 52.7 Å². The summed E-state index contributed by atoms with van der Waals surface area (Å²) in [7, 11) is 0. The van der Waals surface area contributed by atoms with Gasteiger partial charge >= 0.3 is 0 Å². The molecule has 0 bridgehead atoms.